The average Bonchev–Trinajstić information content (AvgIpc) is 2.69. The van der Waals surface area contributed by atoms with E-state index in [1.54, 1.807) is 0 Å². The molecule has 0 radical (unpaired) electrons. The van der Waals surface area contributed by atoms with Gasteiger partial charge < -0.3 is 15.4 Å². The van der Waals surface area contributed by atoms with E-state index in [2.05, 4.69) is 67.3 Å². The number of nitrogens with zero attached hydrogens (tertiary/aromatic N) is 1. The van der Waals surface area contributed by atoms with E-state index in [0.717, 1.165) is 44.8 Å². The molecule has 0 saturated carbocycles. The standard InChI is InChI=1S/C23H30N2O/c1-3-19-9-12-23(24)22(17-19)18(2)5-4-6-20-7-10-21(11-8-20)25-13-15-26-16-14-25/h4,6-12,17-18H,3,5,13-16,24H2,1-2H3/b6-4+. The molecule has 3 nitrogen and oxygen atoms in total. The molecular weight excluding hydrogens is 320 g/mol. The van der Waals surface area contributed by atoms with Gasteiger partial charge in [0.25, 0.3) is 0 Å². The Morgan fingerprint density at radius 3 is 2.54 bits per heavy atom. The number of rotatable bonds is 6. The molecule has 2 aromatic carbocycles. The van der Waals surface area contributed by atoms with E-state index in [9.17, 15) is 0 Å². The number of morpholine rings is 1. The number of hydrogen-bond donors (Lipinski definition) is 1. The van der Waals surface area contributed by atoms with Gasteiger partial charge in [0.05, 0.1) is 13.2 Å². The lowest BCUT2D eigenvalue weighted by Crippen LogP contribution is -2.36. The van der Waals surface area contributed by atoms with E-state index in [4.69, 9.17) is 10.5 Å². The summed E-state index contributed by atoms with van der Waals surface area (Å²) in [6.07, 6.45) is 6.50. The molecule has 3 rings (SSSR count). The lowest BCUT2D eigenvalue weighted by atomic mass is 9.93. The third-order valence-corrected chi connectivity index (χ3v) is 5.16. The highest BCUT2D eigenvalue weighted by molar-refractivity contribution is 5.56. The number of allylic oxidation sites excluding steroid dienone is 1. The van der Waals surface area contributed by atoms with Crippen LogP contribution in [0.25, 0.3) is 6.08 Å². The van der Waals surface area contributed by atoms with Gasteiger partial charge in [0, 0.05) is 24.5 Å². The first kappa shape index (κ1) is 18.5. The van der Waals surface area contributed by atoms with Crippen molar-refractivity contribution < 1.29 is 4.74 Å². The Balaban J connectivity index is 1.59. The van der Waals surface area contributed by atoms with Crippen LogP contribution in [0.2, 0.25) is 0 Å². The lowest BCUT2D eigenvalue weighted by Gasteiger charge is -2.28. The molecule has 1 saturated heterocycles. The Morgan fingerprint density at radius 1 is 1.12 bits per heavy atom. The zero-order chi connectivity index (χ0) is 18.4. The van der Waals surface area contributed by atoms with Crippen LogP contribution >= 0.6 is 0 Å². The molecule has 0 amide bonds. The molecule has 1 heterocycles. The molecule has 0 aliphatic carbocycles. The van der Waals surface area contributed by atoms with Crippen LogP contribution < -0.4 is 10.6 Å². The van der Waals surface area contributed by atoms with Gasteiger partial charge in [0.15, 0.2) is 0 Å². The lowest BCUT2D eigenvalue weighted by molar-refractivity contribution is 0.122. The summed E-state index contributed by atoms with van der Waals surface area (Å²) in [5.41, 5.74) is 12.2. The van der Waals surface area contributed by atoms with Crippen LogP contribution in [0.5, 0.6) is 0 Å². The zero-order valence-electron chi connectivity index (χ0n) is 15.9. The molecule has 26 heavy (non-hydrogen) atoms. The summed E-state index contributed by atoms with van der Waals surface area (Å²) in [5, 5.41) is 0. The number of hydrogen-bond acceptors (Lipinski definition) is 3. The largest absolute Gasteiger partial charge is 0.398 e. The van der Waals surface area contributed by atoms with Crippen molar-refractivity contribution in [2.45, 2.75) is 32.6 Å². The minimum Gasteiger partial charge on any atom is -0.398 e. The second-order valence-corrected chi connectivity index (χ2v) is 7.05. The summed E-state index contributed by atoms with van der Waals surface area (Å²) in [5.74, 6) is 0.422. The molecule has 1 unspecified atom stereocenters. The smallest absolute Gasteiger partial charge is 0.0642 e. The SMILES string of the molecule is CCc1ccc(N)c(C(C)C/C=C/c2ccc(N3CCOCC3)cc2)c1. The van der Waals surface area contributed by atoms with Gasteiger partial charge in [0.1, 0.15) is 0 Å². The van der Waals surface area contributed by atoms with Gasteiger partial charge in [-0.1, -0.05) is 50.3 Å². The van der Waals surface area contributed by atoms with Crippen molar-refractivity contribution in [2.75, 3.05) is 36.9 Å². The summed E-state index contributed by atoms with van der Waals surface area (Å²) in [6, 6.07) is 15.2. The van der Waals surface area contributed by atoms with Crippen molar-refractivity contribution in [3.8, 4) is 0 Å². The third-order valence-electron chi connectivity index (χ3n) is 5.16. The summed E-state index contributed by atoms with van der Waals surface area (Å²) in [7, 11) is 0. The molecule has 138 valence electrons. The van der Waals surface area contributed by atoms with Crippen molar-refractivity contribution in [3.63, 3.8) is 0 Å². The van der Waals surface area contributed by atoms with E-state index in [1.165, 1.54) is 22.4 Å². The molecule has 2 N–H and O–H groups in total. The molecule has 3 heteroatoms. The third kappa shape index (κ3) is 4.67. The topological polar surface area (TPSA) is 38.5 Å². The number of nitrogens with two attached hydrogens (primary N) is 1. The summed E-state index contributed by atoms with van der Waals surface area (Å²) in [6.45, 7) is 8.02. The Labute approximate surface area is 157 Å². The maximum absolute atomic E-state index is 6.18. The quantitative estimate of drug-likeness (QED) is 0.755. The Bertz CT molecular complexity index is 730. The first-order valence-electron chi connectivity index (χ1n) is 9.65. The van der Waals surface area contributed by atoms with Crippen LogP contribution in [-0.4, -0.2) is 26.3 Å². The number of nitrogen functional groups attached to an aromatic ring is 1. The fourth-order valence-electron chi connectivity index (χ4n) is 3.42. The molecule has 1 atom stereocenters. The molecule has 1 aliphatic rings. The second-order valence-electron chi connectivity index (χ2n) is 7.05. The molecule has 0 aromatic heterocycles. The molecule has 1 fully saturated rings. The van der Waals surface area contributed by atoms with Crippen LogP contribution in [0.15, 0.2) is 48.5 Å². The molecule has 2 aromatic rings. The van der Waals surface area contributed by atoms with Gasteiger partial charge in [-0.2, -0.15) is 0 Å². The molecule has 1 aliphatic heterocycles. The minimum atomic E-state index is 0.422. The predicted molar refractivity (Wildman–Crippen MR) is 112 cm³/mol. The first-order chi connectivity index (χ1) is 12.7. The van der Waals surface area contributed by atoms with Crippen molar-refractivity contribution >= 4 is 17.5 Å². The first-order valence-corrected chi connectivity index (χ1v) is 9.65. The minimum absolute atomic E-state index is 0.422. The van der Waals surface area contributed by atoms with E-state index < -0.39 is 0 Å². The maximum Gasteiger partial charge on any atom is 0.0642 e. The summed E-state index contributed by atoms with van der Waals surface area (Å²) >= 11 is 0. The summed E-state index contributed by atoms with van der Waals surface area (Å²) < 4.78 is 5.42. The second kappa shape index (κ2) is 8.91. The Morgan fingerprint density at radius 2 is 1.85 bits per heavy atom. The van der Waals surface area contributed by atoms with Crippen molar-refractivity contribution in [1.82, 2.24) is 0 Å². The van der Waals surface area contributed by atoms with Crippen LogP contribution in [0.3, 0.4) is 0 Å². The van der Waals surface area contributed by atoms with Gasteiger partial charge in [0.2, 0.25) is 0 Å². The van der Waals surface area contributed by atoms with Crippen LogP contribution in [0.4, 0.5) is 11.4 Å². The van der Waals surface area contributed by atoms with Gasteiger partial charge in [-0.3, -0.25) is 0 Å². The van der Waals surface area contributed by atoms with Gasteiger partial charge >= 0.3 is 0 Å². The van der Waals surface area contributed by atoms with Crippen molar-refractivity contribution in [2.24, 2.45) is 0 Å². The highest BCUT2D eigenvalue weighted by atomic mass is 16.5. The van der Waals surface area contributed by atoms with Gasteiger partial charge in [-0.05, 0) is 53.6 Å². The predicted octanol–water partition coefficient (Wildman–Crippen LogP) is 4.87. The average molecular weight is 351 g/mol. The van der Waals surface area contributed by atoms with Crippen LogP contribution in [-0.2, 0) is 11.2 Å². The highest BCUT2D eigenvalue weighted by Crippen LogP contribution is 2.27. The van der Waals surface area contributed by atoms with Crippen molar-refractivity contribution in [1.29, 1.82) is 0 Å². The molecular formula is C23H30N2O. The van der Waals surface area contributed by atoms with Crippen molar-refractivity contribution in [3.05, 3.63) is 65.2 Å². The number of ether oxygens (including phenoxy) is 1. The Hall–Kier alpha value is -2.26. The maximum atomic E-state index is 6.18. The van der Waals surface area contributed by atoms with Crippen LogP contribution in [0, 0.1) is 0 Å². The fourth-order valence-corrected chi connectivity index (χ4v) is 3.42. The van der Waals surface area contributed by atoms with E-state index in [-0.39, 0.29) is 0 Å². The van der Waals surface area contributed by atoms with Gasteiger partial charge in [-0.15, -0.1) is 0 Å². The zero-order valence-corrected chi connectivity index (χ0v) is 15.9. The van der Waals surface area contributed by atoms with Gasteiger partial charge in [-0.25, -0.2) is 0 Å². The van der Waals surface area contributed by atoms with E-state index in [0.29, 0.717) is 5.92 Å². The molecule has 0 bridgehead atoms. The highest BCUT2D eigenvalue weighted by Gasteiger charge is 2.11. The molecule has 0 spiro atoms. The summed E-state index contributed by atoms with van der Waals surface area (Å²) in [4.78, 5) is 2.38. The monoisotopic (exact) mass is 350 g/mol. The number of benzene rings is 2. The van der Waals surface area contributed by atoms with E-state index in [1.807, 2.05) is 6.07 Å². The fraction of sp³-hybridized carbons (Fsp3) is 0.391. The number of anilines is 2. The number of aryl methyl sites for hydroxylation is 1. The normalized spacial score (nSPS) is 16.2. The Kier molecular flexibility index (Phi) is 6.35. The van der Waals surface area contributed by atoms with Crippen LogP contribution in [0.1, 0.15) is 42.9 Å². The van der Waals surface area contributed by atoms with E-state index >= 15 is 0 Å².